The van der Waals surface area contributed by atoms with Gasteiger partial charge < -0.3 is 14.2 Å². The van der Waals surface area contributed by atoms with E-state index in [0.29, 0.717) is 44.7 Å². The maximum absolute atomic E-state index is 12.8. The Kier molecular flexibility index (Phi) is 8.55. The first-order chi connectivity index (χ1) is 19.0. The Morgan fingerprint density at radius 2 is 1.85 bits per heavy atom. The third kappa shape index (κ3) is 6.65. The monoisotopic (exact) mass is 578 g/mol. The lowest BCUT2D eigenvalue weighted by Crippen LogP contribution is -2.35. The van der Waals surface area contributed by atoms with Gasteiger partial charge in [0.25, 0.3) is 5.91 Å². The van der Waals surface area contributed by atoms with Gasteiger partial charge in [0, 0.05) is 15.7 Å². The number of hydrogen-bond acceptors (Lipinski definition) is 8. The van der Waals surface area contributed by atoms with Gasteiger partial charge in [0.1, 0.15) is 17.4 Å². The summed E-state index contributed by atoms with van der Waals surface area (Å²) in [6.45, 7) is 0.688. The maximum Gasteiger partial charge on any atom is 0.283 e. The number of para-hydroxylation sites is 1. The van der Waals surface area contributed by atoms with Gasteiger partial charge in [-0.1, -0.05) is 35.9 Å². The average Bonchev–Trinajstić information content (AvgIpc) is 3.37. The molecule has 8 nitrogen and oxygen atoms in total. The number of hydrazone groups is 1. The van der Waals surface area contributed by atoms with Crippen LogP contribution in [0.5, 0.6) is 17.2 Å². The van der Waals surface area contributed by atoms with E-state index >= 15 is 0 Å². The molecule has 0 atom stereocenters. The molecular weight excluding hydrogens is 556 g/mol. The van der Waals surface area contributed by atoms with Gasteiger partial charge in [0.05, 0.1) is 19.3 Å². The number of carbonyl (C=O) groups excluding carboxylic acids is 1. The first-order valence-corrected chi connectivity index (χ1v) is 14.0. The Balaban J connectivity index is 1.23. The summed E-state index contributed by atoms with van der Waals surface area (Å²) in [5.41, 5.74) is 0.799. The fourth-order valence-corrected chi connectivity index (χ4v) is 5.31. The number of amides is 1. The van der Waals surface area contributed by atoms with Gasteiger partial charge in [0.15, 0.2) is 17.3 Å². The first-order valence-electron chi connectivity index (χ1n) is 11.9. The van der Waals surface area contributed by atoms with Crippen LogP contribution in [0, 0.1) is 5.41 Å². The second-order valence-corrected chi connectivity index (χ2v) is 10.8. The number of methoxy groups -OCH3 is 1. The third-order valence-electron chi connectivity index (χ3n) is 5.52. The zero-order chi connectivity index (χ0) is 27.2. The Hall–Kier alpha value is -3.73. The minimum Gasteiger partial charge on any atom is -0.493 e. The van der Waals surface area contributed by atoms with E-state index in [0.717, 1.165) is 10.6 Å². The number of benzene rings is 3. The van der Waals surface area contributed by atoms with E-state index in [2.05, 4.69) is 10.1 Å². The van der Waals surface area contributed by atoms with Crippen LogP contribution in [0.15, 0.2) is 93.4 Å². The number of nitrogens with zero attached hydrogens (tertiary/aromatic N) is 3. The number of hydrogen-bond donors (Lipinski definition) is 1. The molecular formula is C28H23ClN4O4S2. The summed E-state index contributed by atoms with van der Waals surface area (Å²) in [6.07, 6.45) is 1.60. The van der Waals surface area contributed by atoms with Crippen molar-refractivity contribution in [3.05, 3.63) is 89.0 Å². The van der Waals surface area contributed by atoms with Crippen LogP contribution in [0.1, 0.15) is 5.56 Å². The lowest BCUT2D eigenvalue weighted by Gasteiger charge is -2.20. The lowest BCUT2D eigenvalue weighted by atomic mass is 10.1. The lowest BCUT2D eigenvalue weighted by molar-refractivity contribution is -0.114. The molecule has 198 valence electrons. The second kappa shape index (κ2) is 12.4. The number of aliphatic imine (C=N–C) groups is 1. The molecule has 2 heterocycles. The number of fused-ring (bicyclic) bond motifs is 1. The first kappa shape index (κ1) is 26.9. The number of carbonyl (C=O) groups is 1. The fraction of sp³-hybridized carbons (Fsp3) is 0.143. The van der Waals surface area contributed by atoms with E-state index in [1.54, 1.807) is 43.1 Å². The Morgan fingerprint density at radius 3 is 2.62 bits per heavy atom. The van der Waals surface area contributed by atoms with Gasteiger partial charge >= 0.3 is 0 Å². The summed E-state index contributed by atoms with van der Waals surface area (Å²) in [5, 5.41) is 16.0. The van der Waals surface area contributed by atoms with Crippen LogP contribution in [0.3, 0.4) is 0 Å². The van der Waals surface area contributed by atoms with E-state index in [4.69, 9.17) is 31.2 Å². The van der Waals surface area contributed by atoms with Crippen molar-refractivity contribution in [3.8, 4) is 17.2 Å². The van der Waals surface area contributed by atoms with Crippen molar-refractivity contribution >= 4 is 63.2 Å². The van der Waals surface area contributed by atoms with Crippen molar-refractivity contribution in [1.29, 1.82) is 5.41 Å². The highest BCUT2D eigenvalue weighted by Gasteiger charge is 2.35. The second-order valence-electron chi connectivity index (χ2n) is 8.18. The van der Waals surface area contributed by atoms with Crippen molar-refractivity contribution in [2.45, 2.75) is 4.90 Å². The Labute approximate surface area is 239 Å². The minimum atomic E-state index is -0.502. The van der Waals surface area contributed by atoms with Gasteiger partial charge in [-0.2, -0.15) is 15.1 Å². The number of thioether (sulfide) groups is 2. The number of halogens is 1. The van der Waals surface area contributed by atoms with E-state index in [1.165, 1.54) is 16.8 Å². The van der Waals surface area contributed by atoms with Crippen molar-refractivity contribution in [1.82, 2.24) is 5.01 Å². The summed E-state index contributed by atoms with van der Waals surface area (Å²) < 4.78 is 17.2. The molecule has 1 N–H and O–H groups in total. The summed E-state index contributed by atoms with van der Waals surface area (Å²) in [7, 11) is 1.56. The molecule has 0 aliphatic carbocycles. The average molecular weight is 579 g/mol. The Bertz CT molecular complexity index is 1480. The number of rotatable bonds is 10. The summed E-state index contributed by atoms with van der Waals surface area (Å²) in [4.78, 5) is 18.0. The smallest absolute Gasteiger partial charge is 0.283 e. The van der Waals surface area contributed by atoms with Gasteiger partial charge in [-0.15, -0.1) is 11.8 Å². The molecule has 1 amide bonds. The maximum atomic E-state index is 12.8. The van der Waals surface area contributed by atoms with Crippen LogP contribution in [-0.4, -0.2) is 53.0 Å². The molecule has 0 saturated carbocycles. The molecule has 0 aromatic heterocycles. The van der Waals surface area contributed by atoms with E-state index in [1.807, 2.05) is 54.6 Å². The predicted octanol–water partition coefficient (Wildman–Crippen LogP) is 6.22. The quantitative estimate of drug-likeness (QED) is 0.173. The van der Waals surface area contributed by atoms with Crippen molar-refractivity contribution in [3.63, 3.8) is 0 Å². The minimum absolute atomic E-state index is 0.0503. The molecule has 3 aromatic rings. The molecule has 2 aliphatic heterocycles. The molecule has 5 rings (SSSR count). The van der Waals surface area contributed by atoms with Gasteiger partial charge in [-0.3, -0.25) is 10.2 Å². The fourth-order valence-electron chi connectivity index (χ4n) is 3.65. The van der Waals surface area contributed by atoms with Gasteiger partial charge in [0.2, 0.25) is 5.17 Å². The van der Waals surface area contributed by atoms with Crippen molar-refractivity contribution < 1.29 is 19.0 Å². The standard InChI is InChI=1S/C28H23ClN4O4S2/c1-35-24-16-18(7-12-23(24)36-13-14-38-21-10-8-19(29)9-11-21)15-22-26(30)33-28(31-27(22)34)39-25(32-33)17-37-20-5-3-2-4-6-20/h2-12,15-16,30H,13-14,17H2,1H3/b22-15-,30-26?. The van der Waals surface area contributed by atoms with Crippen molar-refractivity contribution in [2.24, 2.45) is 10.1 Å². The van der Waals surface area contributed by atoms with Crippen LogP contribution < -0.4 is 14.2 Å². The predicted molar refractivity (Wildman–Crippen MR) is 158 cm³/mol. The summed E-state index contributed by atoms with van der Waals surface area (Å²) in [6, 6.07) is 22.4. The van der Waals surface area contributed by atoms with Gasteiger partial charge in [-0.25, -0.2) is 0 Å². The number of nitrogens with one attached hydrogen (secondary N) is 1. The van der Waals surface area contributed by atoms with E-state index < -0.39 is 5.91 Å². The topological polar surface area (TPSA) is 96.6 Å². The zero-order valence-electron chi connectivity index (χ0n) is 20.8. The van der Waals surface area contributed by atoms with E-state index in [9.17, 15) is 4.79 Å². The SMILES string of the molecule is COc1cc(/C=C2/C(=N)N3N=C(COc4ccccc4)SC3=NC2=O)ccc1OCCSc1ccc(Cl)cc1. The highest BCUT2D eigenvalue weighted by Crippen LogP contribution is 2.32. The molecule has 0 bridgehead atoms. The molecule has 2 aliphatic rings. The highest BCUT2D eigenvalue weighted by atomic mass is 35.5. The zero-order valence-corrected chi connectivity index (χ0v) is 23.2. The molecule has 3 aromatic carbocycles. The van der Waals surface area contributed by atoms with Crippen LogP contribution in [0.25, 0.3) is 6.08 Å². The molecule has 0 radical (unpaired) electrons. The van der Waals surface area contributed by atoms with E-state index in [-0.39, 0.29) is 18.0 Å². The molecule has 11 heteroatoms. The third-order valence-corrected chi connectivity index (χ3v) is 7.63. The van der Waals surface area contributed by atoms with Crippen LogP contribution in [-0.2, 0) is 4.79 Å². The summed E-state index contributed by atoms with van der Waals surface area (Å²) >= 11 is 8.82. The number of ether oxygens (including phenoxy) is 3. The summed E-state index contributed by atoms with van der Waals surface area (Å²) in [5.74, 6) is 2.01. The van der Waals surface area contributed by atoms with Crippen LogP contribution in [0.4, 0.5) is 0 Å². The van der Waals surface area contributed by atoms with Crippen molar-refractivity contribution in [2.75, 3.05) is 26.1 Å². The Morgan fingerprint density at radius 1 is 1.05 bits per heavy atom. The largest absolute Gasteiger partial charge is 0.493 e. The molecule has 0 saturated heterocycles. The van der Waals surface area contributed by atoms with Gasteiger partial charge in [-0.05, 0) is 71.9 Å². The molecule has 0 spiro atoms. The molecule has 0 unspecified atom stereocenters. The number of amidine groups is 2. The van der Waals surface area contributed by atoms with Crippen LogP contribution in [0.2, 0.25) is 5.02 Å². The normalized spacial score (nSPS) is 15.6. The molecule has 0 fully saturated rings. The van der Waals surface area contributed by atoms with Crippen LogP contribution >= 0.6 is 35.1 Å². The highest BCUT2D eigenvalue weighted by molar-refractivity contribution is 8.27. The molecule has 39 heavy (non-hydrogen) atoms.